The summed E-state index contributed by atoms with van der Waals surface area (Å²) in [7, 11) is 3.90. The molecule has 0 aromatic rings. The van der Waals surface area contributed by atoms with Crippen LogP contribution >= 0.6 is 0 Å². The van der Waals surface area contributed by atoms with Crippen molar-refractivity contribution in [1.82, 2.24) is 10.6 Å². The number of ether oxygens (including phenoxy) is 1. The van der Waals surface area contributed by atoms with Crippen LogP contribution in [0, 0.1) is 0 Å². The zero-order valence-corrected chi connectivity index (χ0v) is 15.0. The zero-order valence-electron chi connectivity index (χ0n) is 15.0. The molecule has 0 heterocycles. The molecule has 0 saturated heterocycles. The van der Waals surface area contributed by atoms with Crippen LogP contribution in [0.25, 0.3) is 0 Å². The summed E-state index contributed by atoms with van der Waals surface area (Å²) >= 11 is 0. The lowest BCUT2D eigenvalue weighted by Gasteiger charge is -2.32. The van der Waals surface area contributed by atoms with Crippen molar-refractivity contribution in [3.63, 3.8) is 0 Å². The Morgan fingerprint density at radius 2 is 1.19 bits per heavy atom. The largest absolute Gasteiger partial charge is 0.375 e. The third-order valence-corrected chi connectivity index (χ3v) is 3.86. The molecule has 0 aliphatic heterocycles. The minimum atomic E-state index is -0.194. The molecule has 0 saturated carbocycles. The Morgan fingerprint density at radius 3 is 1.48 bits per heavy atom. The molecule has 128 valence electrons. The molecule has 5 nitrogen and oxygen atoms in total. The maximum Gasteiger partial charge on any atom is 0.0568 e. The first-order chi connectivity index (χ1) is 9.62. The van der Waals surface area contributed by atoms with E-state index in [1.807, 2.05) is 14.1 Å². The van der Waals surface area contributed by atoms with Crippen molar-refractivity contribution >= 4 is 0 Å². The highest BCUT2D eigenvalue weighted by Gasteiger charge is 2.25. The lowest BCUT2D eigenvalue weighted by Crippen LogP contribution is -2.44. The van der Waals surface area contributed by atoms with Crippen molar-refractivity contribution in [2.75, 3.05) is 27.2 Å². The van der Waals surface area contributed by atoms with Crippen molar-refractivity contribution in [3.05, 3.63) is 0 Å². The Kier molecular flexibility index (Phi) is 9.65. The van der Waals surface area contributed by atoms with Gasteiger partial charge in [0.1, 0.15) is 0 Å². The Hall–Kier alpha value is -0.200. The van der Waals surface area contributed by atoms with E-state index >= 15 is 0 Å². The second kappa shape index (κ2) is 9.74. The van der Waals surface area contributed by atoms with Crippen LogP contribution in [0.15, 0.2) is 0 Å². The molecule has 0 fully saturated rings. The van der Waals surface area contributed by atoms with Crippen LogP contribution in [-0.2, 0) is 4.74 Å². The SMILES string of the molecule is CNCCC(C)(N)CC(C)OC(C)CC(C)(N)CCNC. The molecule has 5 heteroatoms. The Balaban J connectivity index is 4.16. The summed E-state index contributed by atoms with van der Waals surface area (Å²) in [4.78, 5) is 0. The summed E-state index contributed by atoms with van der Waals surface area (Å²) in [6.45, 7) is 10.2. The van der Waals surface area contributed by atoms with E-state index in [9.17, 15) is 0 Å². The molecule has 0 radical (unpaired) electrons. The van der Waals surface area contributed by atoms with Gasteiger partial charge in [-0.2, -0.15) is 0 Å². The first-order valence-electron chi connectivity index (χ1n) is 8.14. The van der Waals surface area contributed by atoms with E-state index in [0.717, 1.165) is 38.8 Å². The van der Waals surface area contributed by atoms with Crippen molar-refractivity contribution in [2.24, 2.45) is 11.5 Å². The van der Waals surface area contributed by atoms with Crippen LogP contribution in [0.5, 0.6) is 0 Å². The van der Waals surface area contributed by atoms with Crippen LogP contribution in [-0.4, -0.2) is 50.5 Å². The normalized spacial score (nSPS) is 20.6. The summed E-state index contributed by atoms with van der Waals surface area (Å²) in [6.07, 6.45) is 3.90. The van der Waals surface area contributed by atoms with Gasteiger partial charge < -0.3 is 26.8 Å². The molecule has 0 aromatic heterocycles. The van der Waals surface area contributed by atoms with E-state index in [4.69, 9.17) is 16.2 Å². The van der Waals surface area contributed by atoms with Gasteiger partial charge in [-0.25, -0.2) is 0 Å². The highest BCUT2D eigenvalue weighted by molar-refractivity contribution is 4.84. The predicted molar refractivity (Wildman–Crippen MR) is 91.5 cm³/mol. The van der Waals surface area contributed by atoms with Crippen LogP contribution in [0.1, 0.15) is 53.4 Å². The Morgan fingerprint density at radius 1 is 0.857 bits per heavy atom. The van der Waals surface area contributed by atoms with Gasteiger partial charge >= 0.3 is 0 Å². The summed E-state index contributed by atoms with van der Waals surface area (Å²) in [5.74, 6) is 0. The first-order valence-corrected chi connectivity index (χ1v) is 8.14. The van der Waals surface area contributed by atoms with Gasteiger partial charge in [0, 0.05) is 11.1 Å². The van der Waals surface area contributed by atoms with E-state index < -0.39 is 0 Å². The molecular formula is C16H38N4O. The monoisotopic (exact) mass is 302 g/mol. The van der Waals surface area contributed by atoms with Crippen LogP contribution in [0.3, 0.4) is 0 Å². The minimum Gasteiger partial charge on any atom is -0.375 e. The second-order valence-corrected chi connectivity index (χ2v) is 7.18. The molecule has 0 rings (SSSR count). The zero-order chi connectivity index (χ0) is 16.5. The predicted octanol–water partition coefficient (Wildman–Crippen LogP) is 1.21. The molecule has 0 aliphatic carbocycles. The van der Waals surface area contributed by atoms with Gasteiger partial charge in [0.05, 0.1) is 12.2 Å². The number of nitrogens with two attached hydrogens (primary N) is 2. The van der Waals surface area contributed by atoms with Crippen molar-refractivity contribution < 1.29 is 4.74 Å². The van der Waals surface area contributed by atoms with Crippen molar-refractivity contribution in [1.29, 1.82) is 0 Å². The van der Waals surface area contributed by atoms with Gasteiger partial charge in [-0.1, -0.05) is 0 Å². The molecule has 0 aromatic carbocycles. The molecule has 0 bridgehead atoms. The number of rotatable bonds is 12. The van der Waals surface area contributed by atoms with Gasteiger partial charge in [-0.05, 0) is 80.6 Å². The molecule has 0 amide bonds. The van der Waals surface area contributed by atoms with E-state index in [1.165, 1.54) is 0 Å². The minimum absolute atomic E-state index is 0.145. The van der Waals surface area contributed by atoms with Gasteiger partial charge in [-0.15, -0.1) is 0 Å². The highest BCUT2D eigenvalue weighted by atomic mass is 16.5. The molecule has 21 heavy (non-hydrogen) atoms. The van der Waals surface area contributed by atoms with Crippen LogP contribution in [0.2, 0.25) is 0 Å². The summed E-state index contributed by atoms with van der Waals surface area (Å²) in [5, 5.41) is 6.29. The Bertz CT molecular complexity index is 243. The van der Waals surface area contributed by atoms with E-state index in [2.05, 4.69) is 38.3 Å². The maximum absolute atomic E-state index is 6.32. The fraction of sp³-hybridized carbons (Fsp3) is 1.00. The van der Waals surface area contributed by atoms with E-state index in [-0.39, 0.29) is 23.3 Å². The van der Waals surface area contributed by atoms with Crippen LogP contribution < -0.4 is 22.1 Å². The van der Waals surface area contributed by atoms with Gasteiger partial charge in [-0.3, -0.25) is 0 Å². The Labute approximate surface area is 131 Å². The van der Waals surface area contributed by atoms with Crippen molar-refractivity contribution in [3.8, 4) is 0 Å². The third-order valence-electron chi connectivity index (χ3n) is 3.86. The summed E-state index contributed by atoms with van der Waals surface area (Å²) in [5.41, 5.74) is 12.3. The molecular weight excluding hydrogens is 264 g/mol. The van der Waals surface area contributed by atoms with Crippen LogP contribution in [0.4, 0.5) is 0 Å². The van der Waals surface area contributed by atoms with Crippen molar-refractivity contribution in [2.45, 2.75) is 76.7 Å². The summed E-state index contributed by atoms with van der Waals surface area (Å²) < 4.78 is 6.08. The molecule has 6 N–H and O–H groups in total. The van der Waals surface area contributed by atoms with E-state index in [0.29, 0.717) is 0 Å². The van der Waals surface area contributed by atoms with E-state index in [1.54, 1.807) is 0 Å². The smallest absolute Gasteiger partial charge is 0.0568 e. The van der Waals surface area contributed by atoms with Gasteiger partial charge in [0.25, 0.3) is 0 Å². The number of nitrogens with one attached hydrogen (secondary N) is 2. The lowest BCUT2D eigenvalue weighted by atomic mass is 9.91. The molecule has 0 aliphatic rings. The third kappa shape index (κ3) is 11.1. The quantitative estimate of drug-likeness (QED) is 0.435. The maximum atomic E-state index is 6.32. The number of hydrogen-bond donors (Lipinski definition) is 4. The number of hydrogen-bond acceptors (Lipinski definition) is 5. The second-order valence-electron chi connectivity index (χ2n) is 7.18. The fourth-order valence-electron chi connectivity index (χ4n) is 2.83. The highest BCUT2D eigenvalue weighted by Crippen LogP contribution is 2.20. The average molecular weight is 303 g/mol. The fourth-order valence-corrected chi connectivity index (χ4v) is 2.83. The lowest BCUT2D eigenvalue weighted by molar-refractivity contribution is -0.0195. The average Bonchev–Trinajstić information content (AvgIpc) is 2.32. The summed E-state index contributed by atoms with van der Waals surface area (Å²) in [6, 6.07) is 0. The van der Waals surface area contributed by atoms with Gasteiger partial charge in [0.2, 0.25) is 0 Å². The molecule has 4 atom stereocenters. The molecule has 0 spiro atoms. The van der Waals surface area contributed by atoms with Gasteiger partial charge in [0.15, 0.2) is 0 Å². The first kappa shape index (κ1) is 20.8. The standard InChI is InChI=1S/C16H38N4O/c1-13(11-15(3,17)7-9-19-5)21-14(2)12-16(4,18)8-10-20-6/h13-14,19-20H,7-12,17-18H2,1-6H3. The molecule has 4 unspecified atom stereocenters. The topological polar surface area (TPSA) is 85.3 Å².